The molecule has 0 atom stereocenters. The first-order valence-electron chi connectivity index (χ1n) is 4.45. The maximum atomic E-state index is 5.73. The molecule has 0 unspecified atom stereocenters. The van der Waals surface area contributed by atoms with Crippen LogP contribution in [0.4, 0.5) is 5.82 Å². The number of hydrogen-bond acceptors (Lipinski definition) is 3. The predicted octanol–water partition coefficient (Wildman–Crippen LogP) is 2.35. The van der Waals surface area contributed by atoms with Crippen molar-refractivity contribution in [3.63, 3.8) is 0 Å². The highest BCUT2D eigenvalue weighted by Crippen LogP contribution is 2.30. The van der Waals surface area contributed by atoms with Gasteiger partial charge in [-0.3, -0.25) is 4.68 Å². The van der Waals surface area contributed by atoms with Crippen LogP contribution < -0.4 is 5.73 Å². The fourth-order valence-electron chi connectivity index (χ4n) is 1.30. The molecule has 2 heterocycles. The lowest BCUT2D eigenvalue weighted by Gasteiger charge is -1.89. The molecule has 14 heavy (non-hydrogen) atoms. The minimum atomic E-state index is 0.698. The third-order valence-electron chi connectivity index (χ3n) is 2.33. The molecule has 0 radical (unpaired) electrons. The molecule has 2 aromatic heterocycles. The third-order valence-corrected chi connectivity index (χ3v) is 3.51. The molecule has 0 aliphatic carbocycles. The second kappa shape index (κ2) is 3.13. The molecule has 0 saturated heterocycles. The molecule has 0 aromatic carbocycles. The van der Waals surface area contributed by atoms with E-state index in [4.69, 9.17) is 5.73 Å². The first-order valence-corrected chi connectivity index (χ1v) is 5.26. The zero-order valence-electron chi connectivity index (χ0n) is 8.53. The zero-order valence-corrected chi connectivity index (χ0v) is 9.35. The quantitative estimate of drug-likeness (QED) is 0.780. The number of aryl methyl sites for hydroxylation is 3. The Kier molecular flexibility index (Phi) is 2.07. The normalized spacial score (nSPS) is 10.8. The molecule has 2 aromatic rings. The Morgan fingerprint density at radius 1 is 1.36 bits per heavy atom. The molecule has 2 rings (SSSR count). The first kappa shape index (κ1) is 9.27. The maximum absolute atomic E-state index is 5.73. The number of anilines is 1. The largest absolute Gasteiger partial charge is 0.384 e. The highest BCUT2D eigenvalue weighted by molar-refractivity contribution is 7.15. The molecular weight excluding hydrogens is 194 g/mol. The van der Waals surface area contributed by atoms with E-state index in [-0.39, 0.29) is 0 Å². The van der Waals surface area contributed by atoms with E-state index in [9.17, 15) is 0 Å². The summed E-state index contributed by atoms with van der Waals surface area (Å²) < 4.78 is 1.69. The molecule has 3 nitrogen and oxygen atoms in total. The average Bonchev–Trinajstić information content (AvgIpc) is 2.60. The molecule has 2 N–H and O–H groups in total. The predicted molar refractivity (Wildman–Crippen MR) is 60.4 cm³/mol. The minimum Gasteiger partial charge on any atom is -0.384 e. The van der Waals surface area contributed by atoms with Gasteiger partial charge in [0, 0.05) is 18.0 Å². The van der Waals surface area contributed by atoms with Crippen LogP contribution in [0.25, 0.3) is 10.6 Å². The van der Waals surface area contributed by atoms with Gasteiger partial charge >= 0.3 is 0 Å². The Morgan fingerprint density at radius 2 is 2.07 bits per heavy atom. The van der Waals surface area contributed by atoms with Crippen molar-refractivity contribution in [1.82, 2.24) is 9.78 Å². The van der Waals surface area contributed by atoms with Gasteiger partial charge in [0.2, 0.25) is 0 Å². The standard InChI is InChI=1S/C10H13N3S/c1-6-4-9(14-7(6)2)8-5-10(11)13(3)12-8/h4-5H,11H2,1-3H3. The van der Waals surface area contributed by atoms with Gasteiger partial charge in [0.1, 0.15) is 11.5 Å². The van der Waals surface area contributed by atoms with E-state index >= 15 is 0 Å². The van der Waals surface area contributed by atoms with Crippen molar-refractivity contribution in [1.29, 1.82) is 0 Å². The fraction of sp³-hybridized carbons (Fsp3) is 0.300. The molecule has 0 aliphatic heterocycles. The average molecular weight is 207 g/mol. The Balaban J connectivity index is 2.49. The molecule has 74 valence electrons. The molecule has 0 saturated carbocycles. The summed E-state index contributed by atoms with van der Waals surface area (Å²) in [6.45, 7) is 4.23. The van der Waals surface area contributed by atoms with Gasteiger partial charge in [-0.1, -0.05) is 0 Å². The number of nitrogen functional groups attached to an aromatic ring is 1. The minimum absolute atomic E-state index is 0.698. The van der Waals surface area contributed by atoms with Gasteiger partial charge in [-0.2, -0.15) is 5.10 Å². The number of nitrogens with zero attached hydrogens (tertiary/aromatic N) is 2. The fourth-order valence-corrected chi connectivity index (χ4v) is 2.29. The number of thiophene rings is 1. The molecule has 0 bridgehead atoms. The van der Waals surface area contributed by atoms with Crippen molar-refractivity contribution in [2.45, 2.75) is 13.8 Å². The van der Waals surface area contributed by atoms with Crippen molar-refractivity contribution < 1.29 is 0 Å². The zero-order chi connectivity index (χ0) is 10.3. The number of nitrogens with two attached hydrogens (primary N) is 1. The van der Waals surface area contributed by atoms with E-state index in [1.54, 1.807) is 16.0 Å². The van der Waals surface area contributed by atoms with Gasteiger partial charge in [0.05, 0.1) is 4.88 Å². The SMILES string of the molecule is Cc1cc(-c2cc(N)n(C)n2)sc1C. The highest BCUT2D eigenvalue weighted by atomic mass is 32.1. The summed E-state index contributed by atoms with van der Waals surface area (Å²) in [6.07, 6.45) is 0. The van der Waals surface area contributed by atoms with Gasteiger partial charge < -0.3 is 5.73 Å². The van der Waals surface area contributed by atoms with Crippen LogP contribution in [-0.2, 0) is 7.05 Å². The Hall–Kier alpha value is -1.29. The summed E-state index contributed by atoms with van der Waals surface area (Å²) in [5.74, 6) is 0.698. The third kappa shape index (κ3) is 1.42. The van der Waals surface area contributed by atoms with Gasteiger partial charge in [-0.15, -0.1) is 11.3 Å². The van der Waals surface area contributed by atoms with Crippen LogP contribution in [0, 0.1) is 13.8 Å². The van der Waals surface area contributed by atoms with E-state index in [0.29, 0.717) is 5.82 Å². The second-order valence-corrected chi connectivity index (χ2v) is 4.68. The summed E-state index contributed by atoms with van der Waals surface area (Å²) in [5, 5.41) is 4.34. The highest BCUT2D eigenvalue weighted by Gasteiger charge is 2.08. The van der Waals surface area contributed by atoms with Crippen molar-refractivity contribution in [2.75, 3.05) is 5.73 Å². The van der Waals surface area contributed by atoms with Crippen LogP contribution in [0.5, 0.6) is 0 Å². The van der Waals surface area contributed by atoms with Crippen LogP contribution in [0.15, 0.2) is 12.1 Å². The summed E-state index contributed by atoms with van der Waals surface area (Å²) in [6, 6.07) is 4.06. The Labute approximate surface area is 87.2 Å². The summed E-state index contributed by atoms with van der Waals surface area (Å²) in [7, 11) is 1.85. The van der Waals surface area contributed by atoms with Crippen molar-refractivity contribution >= 4 is 17.2 Å². The van der Waals surface area contributed by atoms with Gasteiger partial charge in [-0.05, 0) is 25.5 Å². The second-order valence-electron chi connectivity index (χ2n) is 3.43. The van der Waals surface area contributed by atoms with E-state index in [1.165, 1.54) is 15.3 Å². The molecular formula is C10H13N3S. The topological polar surface area (TPSA) is 43.8 Å². The van der Waals surface area contributed by atoms with Crippen molar-refractivity contribution in [3.8, 4) is 10.6 Å². The monoisotopic (exact) mass is 207 g/mol. The van der Waals surface area contributed by atoms with Crippen LogP contribution >= 0.6 is 11.3 Å². The van der Waals surface area contributed by atoms with Gasteiger partial charge in [0.25, 0.3) is 0 Å². The summed E-state index contributed by atoms with van der Waals surface area (Å²) in [5.41, 5.74) is 8.01. The van der Waals surface area contributed by atoms with E-state index in [0.717, 1.165) is 5.69 Å². The lowest BCUT2D eigenvalue weighted by atomic mass is 10.2. The molecule has 0 amide bonds. The van der Waals surface area contributed by atoms with E-state index in [2.05, 4.69) is 25.0 Å². The summed E-state index contributed by atoms with van der Waals surface area (Å²) >= 11 is 1.76. The summed E-state index contributed by atoms with van der Waals surface area (Å²) in [4.78, 5) is 2.52. The van der Waals surface area contributed by atoms with Crippen molar-refractivity contribution in [2.24, 2.45) is 7.05 Å². The number of aromatic nitrogens is 2. The Morgan fingerprint density at radius 3 is 2.50 bits per heavy atom. The number of rotatable bonds is 1. The number of hydrogen-bond donors (Lipinski definition) is 1. The molecule has 4 heteroatoms. The Bertz CT molecular complexity index is 384. The lowest BCUT2D eigenvalue weighted by molar-refractivity contribution is 0.783. The molecule has 0 spiro atoms. The van der Waals surface area contributed by atoms with Crippen LogP contribution in [0.2, 0.25) is 0 Å². The van der Waals surface area contributed by atoms with Crippen LogP contribution in [0.3, 0.4) is 0 Å². The first-order chi connectivity index (χ1) is 6.58. The van der Waals surface area contributed by atoms with E-state index in [1.807, 2.05) is 13.1 Å². The molecule has 0 aliphatic rings. The maximum Gasteiger partial charge on any atom is 0.121 e. The lowest BCUT2D eigenvalue weighted by Crippen LogP contribution is -1.96. The van der Waals surface area contributed by atoms with Crippen molar-refractivity contribution in [3.05, 3.63) is 22.6 Å². The van der Waals surface area contributed by atoms with Crippen LogP contribution in [0.1, 0.15) is 10.4 Å². The smallest absolute Gasteiger partial charge is 0.121 e. The van der Waals surface area contributed by atoms with Crippen LogP contribution in [-0.4, -0.2) is 9.78 Å². The van der Waals surface area contributed by atoms with Gasteiger partial charge in [-0.25, -0.2) is 0 Å². The molecule has 0 fully saturated rings. The van der Waals surface area contributed by atoms with E-state index < -0.39 is 0 Å². The van der Waals surface area contributed by atoms with Gasteiger partial charge in [0.15, 0.2) is 0 Å².